The normalized spacial score (nSPS) is 22.8. The highest BCUT2D eigenvalue weighted by molar-refractivity contribution is 7.81. The van der Waals surface area contributed by atoms with E-state index in [-0.39, 0.29) is 17.0 Å². The molecular weight excluding hydrogens is 658 g/mol. The number of piperazine rings is 1. The Kier molecular flexibility index (Phi) is 9.27. The number of piperidine rings is 1. The van der Waals surface area contributed by atoms with Crippen molar-refractivity contribution in [2.24, 2.45) is 0 Å². The van der Waals surface area contributed by atoms with Crippen LogP contribution in [-0.2, 0) is 30.5 Å². The molecule has 3 aliphatic heterocycles. The van der Waals surface area contributed by atoms with Gasteiger partial charge in [-0.05, 0) is 68.9 Å². The highest BCUT2D eigenvalue weighted by atomic mass is 32.2. The van der Waals surface area contributed by atoms with Crippen LogP contribution < -0.4 is 5.32 Å². The Morgan fingerprint density at radius 1 is 1.10 bits per heavy atom. The Morgan fingerprint density at radius 2 is 1.83 bits per heavy atom. The smallest absolute Gasteiger partial charge is 0.367 e. The predicted molar refractivity (Wildman–Crippen MR) is 184 cm³/mol. The van der Waals surface area contributed by atoms with Gasteiger partial charge in [0.2, 0.25) is 0 Å². The third-order valence-electron chi connectivity index (χ3n) is 10.5. The lowest BCUT2D eigenvalue weighted by molar-refractivity contribution is -0.126. The molecule has 3 aromatic heterocycles. The maximum Gasteiger partial charge on any atom is 0.393 e. The van der Waals surface area contributed by atoms with Gasteiger partial charge < -0.3 is 9.88 Å². The zero-order valence-electron chi connectivity index (χ0n) is 27.5. The van der Waals surface area contributed by atoms with Crippen molar-refractivity contribution in [1.82, 2.24) is 28.6 Å². The number of hydrogen-bond donors (Lipinski definition) is 1. The van der Waals surface area contributed by atoms with E-state index in [4.69, 9.17) is 0 Å². The molecule has 0 spiro atoms. The first-order valence-electron chi connectivity index (χ1n) is 16.6. The van der Waals surface area contributed by atoms with Crippen LogP contribution in [0.2, 0.25) is 0 Å². The lowest BCUT2D eigenvalue weighted by atomic mass is 10.0. The van der Waals surface area contributed by atoms with Crippen LogP contribution in [-0.4, -0.2) is 95.6 Å². The number of thiophene rings is 1. The number of nitrogens with one attached hydrogen (secondary N) is 1. The summed E-state index contributed by atoms with van der Waals surface area (Å²) in [6.45, 7) is 9.40. The van der Waals surface area contributed by atoms with E-state index in [1.807, 2.05) is 6.07 Å². The van der Waals surface area contributed by atoms with Gasteiger partial charge in [0, 0.05) is 85.5 Å². The number of anilines is 1. The highest BCUT2D eigenvalue weighted by Crippen LogP contribution is 2.35. The van der Waals surface area contributed by atoms with Gasteiger partial charge in [0.05, 0.1) is 22.8 Å². The molecule has 4 aromatic rings. The van der Waals surface area contributed by atoms with Crippen LogP contribution in [0.5, 0.6) is 0 Å². The maximum absolute atomic E-state index is 13.0. The average Bonchev–Trinajstić information content (AvgIpc) is 3.69. The van der Waals surface area contributed by atoms with Gasteiger partial charge in [-0.25, -0.2) is 18.5 Å². The molecule has 0 amide bonds. The summed E-state index contributed by atoms with van der Waals surface area (Å²) in [5, 5.41) is 15.4. The van der Waals surface area contributed by atoms with E-state index < -0.39 is 23.6 Å². The topological polar surface area (TPSA) is 93.3 Å². The summed E-state index contributed by atoms with van der Waals surface area (Å²) in [4.78, 5) is 14.4. The predicted octanol–water partition coefficient (Wildman–Crippen LogP) is 5.84. The molecule has 0 saturated carbocycles. The van der Waals surface area contributed by atoms with Crippen LogP contribution in [0, 0.1) is 18.3 Å². The van der Waals surface area contributed by atoms with Crippen molar-refractivity contribution in [2.75, 3.05) is 37.8 Å². The summed E-state index contributed by atoms with van der Waals surface area (Å²) in [6.07, 6.45) is 2.01. The molecule has 48 heavy (non-hydrogen) atoms. The molecule has 2 bridgehead atoms. The lowest BCUT2D eigenvalue weighted by Crippen LogP contribution is -2.57. The SMILES string of the molecule is Cc1c(CN2CCC(Nc3ncnc4sc(CC(F)(F)F)cc34)CC2)ccc2c1cc(C#N)n2CC(C)N1C2CCC1CN(S(C)=O)C2. The molecule has 3 saturated heterocycles. The highest BCUT2D eigenvalue weighted by Gasteiger charge is 2.43. The van der Waals surface area contributed by atoms with Gasteiger partial charge in [-0.3, -0.25) is 9.80 Å². The van der Waals surface area contributed by atoms with Gasteiger partial charge in [0.1, 0.15) is 28.7 Å². The minimum absolute atomic E-state index is 0.172. The number of halogens is 3. The maximum atomic E-state index is 13.0. The molecule has 9 nitrogen and oxygen atoms in total. The molecule has 4 atom stereocenters. The van der Waals surface area contributed by atoms with Gasteiger partial charge in [-0.2, -0.15) is 18.4 Å². The first-order chi connectivity index (χ1) is 23.0. The van der Waals surface area contributed by atoms with E-state index in [1.54, 1.807) is 12.3 Å². The molecule has 3 fully saturated rings. The van der Waals surface area contributed by atoms with Crippen molar-refractivity contribution in [3.63, 3.8) is 0 Å². The second-order valence-electron chi connectivity index (χ2n) is 13.6. The standard InChI is InChI=1S/C34H41F3N8OS2/c1-21(45-25-5-6-26(45)19-43(18-25)48(3)46)16-44-27(15-38)12-29-22(2)23(4-7-31(29)44)17-42-10-8-24(9-11-42)41-32-30-13-28(14-34(35,36)37)47-33(30)40-20-39-32/h4,7,12-13,20-21,24-26H,5-6,8-11,14,16-19H2,1-3H3,(H,39,40,41). The number of aryl methyl sites for hydroxylation is 1. The molecule has 1 aromatic carbocycles. The first kappa shape index (κ1) is 33.4. The number of likely N-dealkylation sites (tertiary alicyclic amines) is 1. The quantitative estimate of drug-likeness (QED) is 0.235. The molecule has 3 aliphatic rings. The number of benzene rings is 1. The van der Waals surface area contributed by atoms with Crippen molar-refractivity contribution in [2.45, 2.75) is 89.4 Å². The number of rotatable bonds is 9. The summed E-state index contributed by atoms with van der Waals surface area (Å²) < 4.78 is 55.3. The molecule has 6 heterocycles. The van der Waals surface area contributed by atoms with Gasteiger partial charge in [-0.1, -0.05) is 6.07 Å². The van der Waals surface area contributed by atoms with Gasteiger partial charge in [-0.15, -0.1) is 11.3 Å². The Bertz CT molecular complexity index is 1860. The molecule has 1 N–H and O–H groups in total. The number of aromatic nitrogens is 3. The zero-order valence-corrected chi connectivity index (χ0v) is 29.1. The Hall–Kier alpha value is -3.09. The molecule has 256 valence electrons. The summed E-state index contributed by atoms with van der Waals surface area (Å²) in [5.74, 6) is 0.601. The van der Waals surface area contributed by atoms with E-state index >= 15 is 0 Å². The minimum Gasteiger partial charge on any atom is -0.367 e. The number of nitrogens with zero attached hydrogens (tertiary/aromatic N) is 7. The molecule has 14 heteroatoms. The summed E-state index contributed by atoms with van der Waals surface area (Å²) in [7, 11) is -0.944. The van der Waals surface area contributed by atoms with Crippen LogP contribution in [0.1, 0.15) is 54.3 Å². The van der Waals surface area contributed by atoms with Crippen LogP contribution >= 0.6 is 11.3 Å². The van der Waals surface area contributed by atoms with E-state index in [0.717, 1.165) is 87.2 Å². The number of hydrogen-bond acceptors (Lipinski definition) is 8. The van der Waals surface area contributed by atoms with Crippen molar-refractivity contribution < 1.29 is 17.4 Å². The Balaban J connectivity index is 0.999. The minimum atomic E-state index is -4.26. The second-order valence-corrected chi connectivity index (χ2v) is 16.1. The largest absolute Gasteiger partial charge is 0.393 e. The van der Waals surface area contributed by atoms with Crippen LogP contribution in [0.25, 0.3) is 21.1 Å². The summed E-state index contributed by atoms with van der Waals surface area (Å²) >= 11 is 1.07. The first-order valence-corrected chi connectivity index (χ1v) is 19.0. The summed E-state index contributed by atoms with van der Waals surface area (Å²) in [5.41, 5.74) is 4.22. The fourth-order valence-electron chi connectivity index (χ4n) is 8.14. The third kappa shape index (κ3) is 6.72. The van der Waals surface area contributed by atoms with Gasteiger partial charge >= 0.3 is 6.18 Å². The van der Waals surface area contributed by atoms with Crippen molar-refractivity contribution in [3.05, 3.63) is 52.3 Å². The monoisotopic (exact) mass is 698 g/mol. The molecule has 4 unspecified atom stereocenters. The van der Waals surface area contributed by atoms with Crippen molar-refractivity contribution in [3.8, 4) is 6.07 Å². The molecule has 0 aliphatic carbocycles. The van der Waals surface area contributed by atoms with Gasteiger partial charge in [0.15, 0.2) is 0 Å². The van der Waals surface area contributed by atoms with Crippen LogP contribution in [0.4, 0.5) is 19.0 Å². The Labute approximate surface area is 285 Å². The van der Waals surface area contributed by atoms with E-state index in [9.17, 15) is 22.6 Å². The fourth-order valence-corrected chi connectivity index (χ4v) is 9.93. The van der Waals surface area contributed by atoms with Gasteiger partial charge in [0.25, 0.3) is 0 Å². The van der Waals surface area contributed by atoms with Crippen molar-refractivity contribution >= 4 is 49.3 Å². The fraction of sp³-hybridized carbons (Fsp3) is 0.559. The zero-order chi connectivity index (χ0) is 33.7. The second kappa shape index (κ2) is 13.3. The van der Waals surface area contributed by atoms with E-state index in [1.165, 1.54) is 17.5 Å². The lowest BCUT2D eigenvalue weighted by Gasteiger charge is -2.43. The van der Waals surface area contributed by atoms with E-state index in [0.29, 0.717) is 33.8 Å². The molecule has 7 rings (SSSR count). The molecule has 0 radical (unpaired) electrons. The number of nitriles is 1. The number of alkyl halides is 3. The average molecular weight is 699 g/mol. The van der Waals surface area contributed by atoms with E-state index in [2.05, 4.69) is 66.0 Å². The van der Waals surface area contributed by atoms with Crippen LogP contribution in [0.3, 0.4) is 0 Å². The Morgan fingerprint density at radius 3 is 2.50 bits per heavy atom. The van der Waals surface area contributed by atoms with Crippen molar-refractivity contribution in [1.29, 1.82) is 5.26 Å². The summed E-state index contributed by atoms with van der Waals surface area (Å²) in [6, 6.07) is 11.7. The van der Waals surface area contributed by atoms with Crippen LogP contribution in [0.15, 0.2) is 30.6 Å². The third-order valence-corrected chi connectivity index (χ3v) is 12.6. The molecular formula is C34H41F3N8OS2. The number of fused-ring (bicyclic) bond motifs is 4.